The fourth-order valence-electron chi connectivity index (χ4n) is 5.59. The highest BCUT2D eigenvalue weighted by Crippen LogP contribution is 2.42. The first-order valence-corrected chi connectivity index (χ1v) is 12.8. The molecule has 2 N–H and O–H groups in total. The quantitative estimate of drug-likeness (QED) is 0.378. The summed E-state index contributed by atoms with van der Waals surface area (Å²) in [5, 5.41) is 14.7. The number of carbonyl (C=O) groups is 2. The SMILES string of the molecule is CC[C@@]1(O)C(=O)OCc2c1cc1n(c2=O)Cc2c-1nc1cc(F)c(OC(=O)N3CCN(C)CC3)cc1c2NC. The summed E-state index contributed by atoms with van der Waals surface area (Å²) in [4.78, 5) is 46.9. The van der Waals surface area contributed by atoms with Gasteiger partial charge in [-0.1, -0.05) is 6.92 Å². The number of amides is 1. The van der Waals surface area contributed by atoms with Crippen molar-refractivity contribution in [1.82, 2.24) is 19.4 Å². The van der Waals surface area contributed by atoms with Crippen LogP contribution in [-0.4, -0.2) is 76.8 Å². The Labute approximate surface area is 222 Å². The molecule has 0 aliphatic carbocycles. The number of piperazine rings is 1. The van der Waals surface area contributed by atoms with Gasteiger partial charge in [0, 0.05) is 55.8 Å². The molecule has 204 valence electrons. The third-order valence-electron chi connectivity index (χ3n) is 7.95. The maximum atomic E-state index is 15.2. The van der Waals surface area contributed by atoms with Crippen LogP contribution in [0.3, 0.4) is 0 Å². The Hall–Kier alpha value is -4.03. The Morgan fingerprint density at radius 3 is 2.64 bits per heavy atom. The highest BCUT2D eigenvalue weighted by atomic mass is 19.1. The molecule has 12 heteroatoms. The van der Waals surface area contributed by atoms with Crippen molar-refractivity contribution in [2.75, 3.05) is 45.6 Å². The van der Waals surface area contributed by atoms with Gasteiger partial charge >= 0.3 is 12.1 Å². The number of carbonyl (C=O) groups excluding carboxylic acids is 2. The maximum absolute atomic E-state index is 15.2. The van der Waals surface area contributed by atoms with Crippen molar-refractivity contribution in [2.24, 2.45) is 0 Å². The third-order valence-corrected chi connectivity index (χ3v) is 7.95. The molecule has 2 aromatic heterocycles. The number of aliphatic hydroxyl groups is 1. The van der Waals surface area contributed by atoms with Crippen LogP contribution in [0.25, 0.3) is 22.3 Å². The van der Waals surface area contributed by atoms with Gasteiger partial charge in [-0.25, -0.2) is 19.0 Å². The molecule has 0 radical (unpaired) electrons. The van der Waals surface area contributed by atoms with E-state index < -0.39 is 23.5 Å². The fraction of sp³-hybridized carbons (Fsp3) is 0.407. The summed E-state index contributed by atoms with van der Waals surface area (Å²) >= 11 is 0. The number of ether oxygens (including phenoxy) is 2. The summed E-state index contributed by atoms with van der Waals surface area (Å²) in [6.45, 7) is 3.96. The zero-order valence-corrected chi connectivity index (χ0v) is 21.8. The second kappa shape index (κ2) is 9.02. The number of pyridine rings is 2. The van der Waals surface area contributed by atoms with Gasteiger partial charge in [0.2, 0.25) is 0 Å². The van der Waals surface area contributed by atoms with Crippen molar-refractivity contribution in [2.45, 2.75) is 32.1 Å². The average Bonchev–Trinajstić information content (AvgIpc) is 3.29. The summed E-state index contributed by atoms with van der Waals surface area (Å²) in [5.74, 6) is -1.76. The van der Waals surface area contributed by atoms with Crippen LogP contribution < -0.4 is 15.6 Å². The molecule has 0 bridgehead atoms. The van der Waals surface area contributed by atoms with Crippen molar-refractivity contribution in [3.63, 3.8) is 0 Å². The molecule has 0 unspecified atom stereocenters. The summed E-state index contributed by atoms with van der Waals surface area (Å²) < 4.78 is 27.3. The Morgan fingerprint density at radius 1 is 1.21 bits per heavy atom. The molecule has 1 atom stereocenters. The summed E-state index contributed by atoms with van der Waals surface area (Å²) in [6.07, 6.45) is -0.589. The maximum Gasteiger partial charge on any atom is 0.415 e. The number of benzene rings is 1. The average molecular weight is 538 g/mol. The molecular weight excluding hydrogens is 509 g/mol. The van der Waals surface area contributed by atoms with Gasteiger partial charge in [-0.3, -0.25) is 4.79 Å². The Balaban J connectivity index is 1.45. The molecule has 1 saturated heterocycles. The first kappa shape index (κ1) is 25.3. The number of nitrogens with one attached hydrogen (secondary N) is 1. The molecule has 39 heavy (non-hydrogen) atoms. The molecule has 3 aliphatic heterocycles. The van der Waals surface area contributed by atoms with E-state index in [0.29, 0.717) is 59.7 Å². The van der Waals surface area contributed by atoms with Crippen LogP contribution in [-0.2, 0) is 28.3 Å². The first-order chi connectivity index (χ1) is 18.7. The molecule has 6 rings (SSSR count). The predicted molar refractivity (Wildman–Crippen MR) is 139 cm³/mol. The number of anilines is 1. The monoisotopic (exact) mass is 537 g/mol. The Kier molecular flexibility index (Phi) is 5.84. The van der Waals surface area contributed by atoms with Crippen molar-refractivity contribution in [3.05, 3.63) is 51.1 Å². The molecule has 1 amide bonds. The van der Waals surface area contributed by atoms with E-state index in [2.05, 4.69) is 15.2 Å². The standard InChI is InChI=1S/C27H28FN5O6/c1-4-27(37)17-10-20-23-15(12-33(20)24(34)16(17)13-38-25(27)35)22(29-2)14-9-21(18(28)11-19(14)30-23)39-26(36)32-7-5-31(3)6-8-32/h9-11,37H,4-8,12-13H2,1-3H3,(H,29,30)/t27-/m0/s1. The fourth-order valence-corrected chi connectivity index (χ4v) is 5.59. The zero-order valence-electron chi connectivity index (χ0n) is 21.8. The van der Waals surface area contributed by atoms with E-state index in [9.17, 15) is 19.5 Å². The van der Waals surface area contributed by atoms with Gasteiger partial charge in [-0.05, 0) is 25.6 Å². The Morgan fingerprint density at radius 2 is 1.95 bits per heavy atom. The van der Waals surface area contributed by atoms with Crippen LogP contribution in [0.15, 0.2) is 23.0 Å². The molecule has 1 aromatic carbocycles. The van der Waals surface area contributed by atoms with E-state index in [1.807, 2.05) is 7.05 Å². The summed E-state index contributed by atoms with van der Waals surface area (Å²) in [7, 11) is 3.67. The van der Waals surface area contributed by atoms with Crippen molar-refractivity contribution >= 4 is 28.7 Å². The minimum Gasteiger partial charge on any atom is -0.458 e. The van der Waals surface area contributed by atoms with E-state index in [-0.39, 0.29) is 42.0 Å². The number of rotatable bonds is 3. The van der Waals surface area contributed by atoms with Crippen LogP contribution in [0, 0.1) is 5.82 Å². The number of fused-ring (bicyclic) bond motifs is 5. The zero-order chi connectivity index (χ0) is 27.6. The van der Waals surface area contributed by atoms with Gasteiger partial charge in [0.05, 0.1) is 34.7 Å². The number of cyclic esters (lactones) is 1. The van der Waals surface area contributed by atoms with E-state index in [1.54, 1.807) is 24.9 Å². The number of halogens is 1. The molecule has 3 aromatic rings. The normalized spacial score (nSPS) is 20.3. The number of nitrogens with zero attached hydrogens (tertiary/aromatic N) is 4. The van der Waals surface area contributed by atoms with Crippen LogP contribution in [0.4, 0.5) is 14.9 Å². The van der Waals surface area contributed by atoms with E-state index in [1.165, 1.54) is 16.7 Å². The van der Waals surface area contributed by atoms with Gasteiger partial charge in [0.1, 0.15) is 6.61 Å². The number of hydrogen-bond acceptors (Lipinski definition) is 9. The van der Waals surface area contributed by atoms with Gasteiger partial charge in [-0.2, -0.15) is 0 Å². The van der Waals surface area contributed by atoms with Crippen LogP contribution >= 0.6 is 0 Å². The van der Waals surface area contributed by atoms with Crippen LogP contribution in [0.1, 0.15) is 30.0 Å². The smallest absolute Gasteiger partial charge is 0.415 e. The van der Waals surface area contributed by atoms with Crippen molar-refractivity contribution in [3.8, 4) is 17.1 Å². The minimum atomic E-state index is -1.94. The number of aromatic nitrogens is 2. The molecule has 5 heterocycles. The number of hydrogen-bond donors (Lipinski definition) is 2. The van der Waals surface area contributed by atoms with Crippen molar-refractivity contribution < 1.29 is 28.6 Å². The van der Waals surface area contributed by atoms with E-state index in [4.69, 9.17) is 9.47 Å². The van der Waals surface area contributed by atoms with Gasteiger partial charge in [0.15, 0.2) is 17.2 Å². The third kappa shape index (κ3) is 3.77. The largest absolute Gasteiger partial charge is 0.458 e. The molecular formula is C27H28FN5O6. The molecule has 0 saturated carbocycles. The predicted octanol–water partition coefficient (Wildman–Crippen LogP) is 2.01. The second-order valence-electron chi connectivity index (χ2n) is 10.1. The van der Waals surface area contributed by atoms with Gasteiger partial charge in [0.25, 0.3) is 5.56 Å². The molecule has 0 spiro atoms. The van der Waals surface area contributed by atoms with Gasteiger partial charge < -0.3 is 34.3 Å². The van der Waals surface area contributed by atoms with E-state index in [0.717, 1.165) is 0 Å². The molecule has 3 aliphatic rings. The van der Waals surface area contributed by atoms with Crippen LogP contribution in [0.5, 0.6) is 5.75 Å². The second-order valence-corrected chi connectivity index (χ2v) is 10.1. The van der Waals surface area contributed by atoms with Gasteiger partial charge in [-0.15, -0.1) is 0 Å². The highest BCUT2D eigenvalue weighted by molar-refractivity contribution is 5.98. The topological polar surface area (TPSA) is 126 Å². The summed E-state index contributed by atoms with van der Waals surface area (Å²) in [6, 6.07) is 4.24. The van der Waals surface area contributed by atoms with Crippen LogP contribution in [0.2, 0.25) is 0 Å². The molecule has 1 fully saturated rings. The number of esters is 1. The lowest BCUT2D eigenvalue weighted by Crippen LogP contribution is -2.48. The lowest BCUT2D eigenvalue weighted by atomic mass is 9.86. The lowest BCUT2D eigenvalue weighted by molar-refractivity contribution is -0.172. The molecule has 11 nitrogen and oxygen atoms in total. The van der Waals surface area contributed by atoms with E-state index >= 15 is 4.39 Å². The minimum absolute atomic E-state index is 0.0301. The Bertz CT molecular complexity index is 1610. The lowest BCUT2D eigenvalue weighted by Gasteiger charge is -2.31. The highest BCUT2D eigenvalue weighted by Gasteiger charge is 2.45. The number of likely N-dealkylation sites (N-methyl/N-ethyl adjacent to an activating group) is 1. The first-order valence-electron chi connectivity index (χ1n) is 12.8. The summed E-state index contributed by atoms with van der Waals surface area (Å²) in [5.41, 5.74) is 0.516. The van der Waals surface area contributed by atoms with Crippen molar-refractivity contribution in [1.29, 1.82) is 0 Å².